The summed E-state index contributed by atoms with van der Waals surface area (Å²) in [5, 5.41) is 5.92. The molecule has 1 heterocycles. The Morgan fingerprint density at radius 1 is 1.47 bits per heavy atom. The van der Waals surface area contributed by atoms with E-state index in [4.69, 9.17) is 0 Å². The Balaban J connectivity index is 2.18. The van der Waals surface area contributed by atoms with Crippen molar-refractivity contribution in [1.82, 2.24) is 5.32 Å². The molecule has 2 aromatic rings. The van der Waals surface area contributed by atoms with Gasteiger partial charge in [-0.1, -0.05) is 18.2 Å². The second-order valence-electron chi connectivity index (χ2n) is 3.10. The molecule has 0 radical (unpaired) electrons. The second kappa shape index (κ2) is 4.31. The number of carbonyl (C=O) groups is 1. The van der Waals surface area contributed by atoms with Crippen LogP contribution in [0.1, 0.15) is 5.56 Å². The van der Waals surface area contributed by atoms with Gasteiger partial charge in [0.15, 0.2) is 0 Å². The first-order valence-corrected chi connectivity index (χ1v) is 5.46. The number of fused-ring (bicyclic) bond motifs is 1. The standard InChI is InChI=1S/C11H11NO2S/c1-14-11(13)12-6-8-7-15-10-5-3-2-4-9(8)10/h2-5,7H,6H2,1H3,(H,12,13). The van der Waals surface area contributed by atoms with Crippen molar-refractivity contribution < 1.29 is 9.53 Å². The van der Waals surface area contributed by atoms with Gasteiger partial charge in [-0.15, -0.1) is 11.3 Å². The van der Waals surface area contributed by atoms with Crippen molar-refractivity contribution in [2.45, 2.75) is 6.54 Å². The summed E-state index contributed by atoms with van der Waals surface area (Å²) >= 11 is 1.68. The van der Waals surface area contributed by atoms with Gasteiger partial charge in [0.1, 0.15) is 0 Å². The van der Waals surface area contributed by atoms with Crippen molar-refractivity contribution in [1.29, 1.82) is 0 Å². The van der Waals surface area contributed by atoms with Crippen LogP contribution >= 0.6 is 11.3 Å². The van der Waals surface area contributed by atoms with E-state index in [-0.39, 0.29) is 0 Å². The first-order valence-electron chi connectivity index (χ1n) is 4.58. The van der Waals surface area contributed by atoms with Crippen molar-refractivity contribution in [2.24, 2.45) is 0 Å². The van der Waals surface area contributed by atoms with Gasteiger partial charge in [0, 0.05) is 11.2 Å². The first kappa shape index (κ1) is 9.98. The smallest absolute Gasteiger partial charge is 0.407 e. The van der Waals surface area contributed by atoms with Gasteiger partial charge in [-0.25, -0.2) is 4.79 Å². The fourth-order valence-corrected chi connectivity index (χ4v) is 2.37. The molecule has 0 aliphatic carbocycles. The lowest BCUT2D eigenvalue weighted by molar-refractivity contribution is 0.170. The van der Waals surface area contributed by atoms with E-state index in [1.54, 1.807) is 11.3 Å². The predicted molar refractivity (Wildman–Crippen MR) is 61.1 cm³/mol. The van der Waals surface area contributed by atoms with Gasteiger partial charge < -0.3 is 10.1 Å². The van der Waals surface area contributed by atoms with Crippen LogP contribution in [0.5, 0.6) is 0 Å². The number of benzene rings is 1. The average Bonchev–Trinajstić information content (AvgIpc) is 2.69. The van der Waals surface area contributed by atoms with Crippen LogP contribution in [0.4, 0.5) is 4.79 Å². The predicted octanol–water partition coefficient (Wildman–Crippen LogP) is 2.76. The van der Waals surface area contributed by atoms with Gasteiger partial charge in [-0.2, -0.15) is 0 Å². The summed E-state index contributed by atoms with van der Waals surface area (Å²) in [7, 11) is 1.36. The number of rotatable bonds is 2. The fraction of sp³-hybridized carbons (Fsp3) is 0.182. The normalized spacial score (nSPS) is 10.2. The van der Waals surface area contributed by atoms with Gasteiger partial charge in [0.05, 0.1) is 7.11 Å². The van der Waals surface area contributed by atoms with E-state index in [0.29, 0.717) is 6.54 Å². The van der Waals surface area contributed by atoms with Crippen LogP contribution in [0.3, 0.4) is 0 Å². The number of alkyl carbamates (subject to hydrolysis) is 1. The highest BCUT2D eigenvalue weighted by atomic mass is 32.1. The summed E-state index contributed by atoms with van der Waals surface area (Å²) < 4.78 is 5.75. The van der Waals surface area contributed by atoms with Crippen molar-refractivity contribution in [3.05, 3.63) is 35.2 Å². The highest BCUT2D eigenvalue weighted by Gasteiger charge is 2.04. The Hall–Kier alpha value is -1.55. The monoisotopic (exact) mass is 221 g/mol. The van der Waals surface area contributed by atoms with Gasteiger partial charge in [0.2, 0.25) is 0 Å². The van der Waals surface area contributed by atoms with Crippen LogP contribution in [0, 0.1) is 0 Å². The maximum atomic E-state index is 10.9. The van der Waals surface area contributed by atoms with E-state index in [9.17, 15) is 4.79 Å². The van der Waals surface area contributed by atoms with Crippen molar-refractivity contribution >= 4 is 27.5 Å². The van der Waals surface area contributed by atoms with Gasteiger partial charge >= 0.3 is 6.09 Å². The van der Waals surface area contributed by atoms with Crippen LogP contribution in [0.2, 0.25) is 0 Å². The summed E-state index contributed by atoms with van der Waals surface area (Å²) in [5.74, 6) is 0. The number of hydrogen-bond acceptors (Lipinski definition) is 3. The number of carbonyl (C=O) groups excluding carboxylic acids is 1. The number of hydrogen-bond donors (Lipinski definition) is 1. The van der Waals surface area contributed by atoms with E-state index < -0.39 is 6.09 Å². The molecule has 1 aromatic carbocycles. The lowest BCUT2D eigenvalue weighted by Gasteiger charge is -2.01. The quantitative estimate of drug-likeness (QED) is 0.846. The molecule has 0 spiro atoms. The van der Waals surface area contributed by atoms with Gasteiger partial charge in [0.25, 0.3) is 0 Å². The number of amides is 1. The van der Waals surface area contributed by atoms with Crippen LogP contribution in [-0.4, -0.2) is 13.2 Å². The summed E-state index contributed by atoms with van der Waals surface area (Å²) in [6.07, 6.45) is -0.398. The molecule has 0 atom stereocenters. The van der Waals surface area contributed by atoms with E-state index in [1.807, 2.05) is 12.1 Å². The Kier molecular flexibility index (Phi) is 2.87. The minimum absolute atomic E-state index is 0.398. The molecule has 1 aromatic heterocycles. The molecule has 4 heteroatoms. The highest BCUT2D eigenvalue weighted by Crippen LogP contribution is 2.25. The van der Waals surface area contributed by atoms with E-state index >= 15 is 0 Å². The highest BCUT2D eigenvalue weighted by molar-refractivity contribution is 7.17. The third-order valence-electron chi connectivity index (χ3n) is 2.17. The lowest BCUT2D eigenvalue weighted by Crippen LogP contribution is -2.21. The molecule has 0 unspecified atom stereocenters. The molecule has 78 valence electrons. The van der Waals surface area contributed by atoms with Crippen molar-refractivity contribution in [2.75, 3.05) is 7.11 Å². The number of thiophene rings is 1. The molecule has 0 fully saturated rings. The van der Waals surface area contributed by atoms with E-state index in [0.717, 1.165) is 5.56 Å². The minimum Gasteiger partial charge on any atom is -0.453 e. The summed E-state index contributed by atoms with van der Waals surface area (Å²) in [6, 6.07) is 8.13. The zero-order valence-corrected chi connectivity index (χ0v) is 9.14. The molecule has 0 bridgehead atoms. The SMILES string of the molecule is COC(=O)NCc1csc2ccccc12. The first-order chi connectivity index (χ1) is 7.31. The molecular formula is C11H11NO2S. The van der Waals surface area contributed by atoms with Gasteiger partial charge in [-0.05, 0) is 22.4 Å². The van der Waals surface area contributed by atoms with Crippen molar-refractivity contribution in [3.8, 4) is 0 Å². The molecule has 0 aliphatic rings. The largest absolute Gasteiger partial charge is 0.453 e. The van der Waals surface area contributed by atoms with Crippen LogP contribution in [0.25, 0.3) is 10.1 Å². The molecular weight excluding hydrogens is 210 g/mol. The number of ether oxygens (including phenoxy) is 1. The number of nitrogens with one attached hydrogen (secondary N) is 1. The molecule has 1 N–H and O–H groups in total. The molecule has 15 heavy (non-hydrogen) atoms. The average molecular weight is 221 g/mol. The minimum atomic E-state index is -0.398. The third kappa shape index (κ3) is 2.10. The summed E-state index contributed by atoms with van der Waals surface area (Å²) in [5.41, 5.74) is 1.13. The lowest BCUT2D eigenvalue weighted by atomic mass is 10.2. The third-order valence-corrected chi connectivity index (χ3v) is 3.18. The summed E-state index contributed by atoms with van der Waals surface area (Å²) in [4.78, 5) is 10.9. The van der Waals surface area contributed by atoms with E-state index in [1.165, 1.54) is 17.2 Å². The van der Waals surface area contributed by atoms with Crippen LogP contribution in [0.15, 0.2) is 29.6 Å². The number of methoxy groups -OCH3 is 1. The Morgan fingerprint density at radius 3 is 3.07 bits per heavy atom. The molecule has 0 saturated carbocycles. The Morgan fingerprint density at radius 2 is 2.27 bits per heavy atom. The van der Waals surface area contributed by atoms with Gasteiger partial charge in [-0.3, -0.25) is 0 Å². The molecule has 1 amide bonds. The zero-order chi connectivity index (χ0) is 10.7. The fourth-order valence-electron chi connectivity index (χ4n) is 1.41. The zero-order valence-electron chi connectivity index (χ0n) is 8.32. The molecule has 0 saturated heterocycles. The topological polar surface area (TPSA) is 38.3 Å². The van der Waals surface area contributed by atoms with Crippen LogP contribution < -0.4 is 5.32 Å². The van der Waals surface area contributed by atoms with E-state index in [2.05, 4.69) is 27.6 Å². The molecule has 2 rings (SSSR count). The Bertz CT molecular complexity index is 478. The Labute approximate surface area is 91.7 Å². The maximum absolute atomic E-state index is 10.9. The maximum Gasteiger partial charge on any atom is 0.407 e. The van der Waals surface area contributed by atoms with Crippen LogP contribution in [-0.2, 0) is 11.3 Å². The molecule has 0 aliphatic heterocycles. The second-order valence-corrected chi connectivity index (χ2v) is 4.01. The molecule has 3 nitrogen and oxygen atoms in total. The summed E-state index contributed by atoms with van der Waals surface area (Å²) in [6.45, 7) is 0.511. The van der Waals surface area contributed by atoms with Crippen molar-refractivity contribution in [3.63, 3.8) is 0 Å².